The maximum Gasteiger partial charge on any atom is 0.258 e. The van der Waals surface area contributed by atoms with Gasteiger partial charge in [-0.25, -0.2) is 4.98 Å². The van der Waals surface area contributed by atoms with Gasteiger partial charge >= 0.3 is 0 Å². The first-order valence-corrected chi connectivity index (χ1v) is 6.22. The molecule has 0 atom stereocenters. The highest BCUT2D eigenvalue weighted by molar-refractivity contribution is 6.35. The minimum atomic E-state index is -0.249. The van der Waals surface area contributed by atoms with Gasteiger partial charge in [-0.2, -0.15) is 0 Å². The zero-order chi connectivity index (χ0) is 13.7. The van der Waals surface area contributed by atoms with Crippen LogP contribution in [0.2, 0.25) is 10.0 Å². The van der Waals surface area contributed by atoms with Crippen LogP contribution in [0.3, 0.4) is 0 Å². The largest absolute Gasteiger partial charge is 0.482 e. The molecule has 0 fully saturated rings. The standard InChI is InChI=1S/C12H11Cl2N3O2/c13-8-1-2-11(10(14)3-8)19-6-12(18)16-5-9-4-15-7-17-9/h1-4,7H,5-6H2,(H,15,17)(H,16,18). The second-order valence-electron chi connectivity index (χ2n) is 3.72. The number of rotatable bonds is 5. The summed E-state index contributed by atoms with van der Waals surface area (Å²) in [5.74, 6) is 0.170. The molecule has 19 heavy (non-hydrogen) atoms. The number of halogens is 2. The first kappa shape index (κ1) is 13.7. The smallest absolute Gasteiger partial charge is 0.258 e. The van der Waals surface area contributed by atoms with E-state index in [0.29, 0.717) is 22.3 Å². The first-order valence-electron chi connectivity index (χ1n) is 5.47. The Morgan fingerprint density at radius 1 is 1.42 bits per heavy atom. The van der Waals surface area contributed by atoms with Gasteiger partial charge in [0.15, 0.2) is 6.61 Å². The summed E-state index contributed by atoms with van der Waals surface area (Å²) in [7, 11) is 0. The van der Waals surface area contributed by atoms with Gasteiger partial charge in [-0.3, -0.25) is 4.79 Å². The third-order valence-electron chi connectivity index (χ3n) is 2.28. The van der Waals surface area contributed by atoms with Crippen molar-refractivity contribution in [3.05, 3.63) is 46.5 Å². The van der Waals surface area contributed by atoms with E-state index in [9.17, 15) is 4.79 Å². The average Bonchev–Trinajstić information content (AvgIpc) is 2.88. The molecule has 1 heterocycles. The first-order chi connectivity index (χ1) is 9.15. The second-order valence-corrected chi connectivity index (χ2v) is 4.56. The average molecular weight is 300 g/mol. The van der Waals surface area contributed by atoms with E-state index >= 15 is 0 Å². The van der Waals surface area contributed by atoms with Gasteiger partial charge in [-0.05, 0) is 18.2 Å². The lowest BCUT2D eigenvalue weighted by Crippen LogP contribution is -2.28. The van der Waals surface area contributed by atoms with Gasteiger partial charge < -0.3 is 15.0 Å². The highest BCUT2D eigenvalue weighted by Gasteiger charge is 2.06. The summed E-state index contributed by atoms with van der Waals surface area (Å²) in [5, 5.41) is 3.57. The van der Waals surface area contributed by atoms with Crippen LogP contribution in [-0.2, 0) is 11.3 Å². The third kappa shape index (κ3) is 4.15. The quantitative estimate of drug-likeness (QED) is 0.891. The Kier molecular flexibility index (Phi) is 4.65. The Morgan fingerprint density at radius 2 is 2.26 bits per heavy atom. The number of benzene rings is 1. The maximum absolute atomic E-state index is 11.6. The minimum Gasteiger partial charge on any atom is -0.482 e. The van der Waals surface area contributed by atoms with Crippen molar-refractivity contribution >= 4 is 29.1 Å². The molecule has 0 radical (unpaired) electrons. The fourth-order valence-electron chi connectivity index (χ4n) is 1.36. The van der Waals surface area contributed by atoms with Crippen LogP contribution in [0.25, 0.3) is 0 Å². The molecule has 1 aromatic heterocycles. The molecule has 2 N–H and O–H groups in total. The van der Waals surface area contributed by atoms with Crippen molar-refractivity contribution in [2.75, 3.05) is 6.61 Å². The van der Waals surface area contributed by atoms with Crippen LogP contribution in [0.4, 0.5) is 0 Å². The summed E-state index contributed by atoms with van der Waals surface area (Å²) in [6.07, 6.45) is 3.18. The number of nitrogens with one attached hydrogen (secondary N) is 2. The number of nitrogens with zero attached hydrogens (tertiary/aromatic N) is 1. The number of hydrogen-bond acceptors (Lipinski definition) is 3. The summed E-state index contributed by atoms with van der Waals surface area (Å²) < 4.78 is 5.30. The van der Waals surface area contributed by atoms with Crippen molar-refractivity contribution in [1.29, 1.82) is 0 Å². The van der Waals surface area contributed by atoms with Crippen LogP contribution in [0.5, 0.6) is 5.75 Å². The van der Waals surface area contributed by atoms with Gasteiger partial charge in [-0.1, -0.05) is 23.2 Å². The summed E-state index contributed by atoms with van der Waals surface area (Å²) in [4.78, 5) is 18.3. The summed E-state index contributed by atoms with van der Waals surface area (Å²) in [6, 6.07) is 4.82. The molecule has 100 valence electrons. The Morgan fingerprint density at radius 3 is 2.95 bits per heavy atom. The molecule has 0 aliphatic rings. The molecular weight excluding hydrogens is 289 g/mol. The molecule has 0 unspecified atom stereocenters. The van der Waals surface area contributed by atoms with Gasteiger partial charge in [0.1, 0.15) is 5.75 Å². The van der Waals surface area contributed by atoms with Crippen molar-refractivity contribution < 1.29 is 9.53 Å². The van der Waals surface area contributed by atoms with Gasteiger partial charge in [0.2, 0.25) is 0 Å². The monoisotopic (exact) mass is 299 g/mol. The zero-order valence-corrected chi connectivity index (χ0v) is 11.3. The molecule has 1 aromatic carbocycles. The minimum absolute atomic E-state index is 0.116. The molecule has 0 spiro atoms. The number of carbonyl (C=O) groups excluding carboxylic acids is 1. The van der Waals surface area contributed by atoms with Gasteiger partial charge in [-0.15, -0.1) is 0 Å². The molecule has 0 aliphatic heterocycles. The zero-order valence-electron chi connectivity index (χ0n) is 9.82. The lowest BCUT2D eigenvalue weighted by Gasteiger charge is -2.08. The van der Waals surface area contributed by atoms with E-state index < -0.39 is 0 Å². The van der Waals surface area contributed by atoms with Crippen LogP contribution < -0.4 is 10.1 Å². The van der Waals surface area contributed by atoms with E-state index in [-0.39, 0.29) is 12.5 Å². The van der Waals surface area contributed by atoms with Gasteiger partial charge in [0.25, 0.3) is 5.91 Å². The van der Waals surface area contributed by atoms with E-state index in [1.54, 1.807) is 30.7 Å². The highest BCUT2D eigenvalue weighted by Crippen LogP contribution is 2.27. The van der Waals surface area contributed by atoms with Crippen LogP contribution >= 0.6 is 23.2 Å². The second kappa shape index (κ2) is 6.45. The van der Waals surface area contributed by atoms with E-state index in [4.69, 9.17) is 27.9 Å². The van der Waals surface area contributed by atoms with E-state index in [2.05, 4.69) is 15.3 Å². The number of aromatic nitrogens is 2. The maximum atomic E-state index is 11.6. The van der Waals surface area contributed by atoms with Crippen LogP contribution in [0.1, 0.15) is 5.69 Å². The van der Waals surface area contributed by atoms with Gasteiger partial charge in [0.05, 0.1) is 23.6 Å². The molecule has 2 rings (SSSR count). The molecule has 0 aliphatic carbocycles. The van der Waals surface area contributed by atoms with Crippen molar-refractivity contribution in [1.82, 2.24) is 15.3 Å². The number of hydrogen-bond donors (Lipinski definition) is 2. The molecule has 0 bridgehead atoms. The topological polar surface area (TPSA) is 67.0 Å². The number of H-pyrrole nitrogens is 1. The normalized spacial score (nSPS) is 10.2. The Bertz CT molecular complexity index is 558. The van der Waals surface area contributed by atoms with Crippen LogP contribution in [0.15, 0.2) is 30.7 Å². The predicted molar refractivity (Wildman–Crippen MR) is 72.4 cm³/mol. The Labute approximate surface area is 119 Å². The fourth-order valence-corrected chi connectivity index (χ4v) is 1.82. The van der Waals surface area contributed by atoms with Crippen LogP contribution in [-0.4, -0.2) is 22.5 Å². The molecule has 1 amide bonds. The fraction of sp³-hybridized carbons (Fsp3) is 0.167. The number of ether oxygens (including phenoxy) is 1. The van der Waals surface area contributed by atoms with Gasteiger partial charge in [0, 0.05) is 11.2 Å². The summed E-state index contributed by atoms with van der Waals surface area (Å²) >= 11 is 11.7. The summed E-state index contributed by atoms with van der Waals surface area (Å²) in [6.45, 7) is 0.256. The van der Waals surface area contributed by atoms with Crippen molar-refractivity contribution in [3.63, 3.8) is 0 Å². The molecule has 2 aromatic rings. The Balaban J connectivity index is 1.80. The predicted octanol–water partition coefficient (Wildman–Crippen LogP) is 2.41. The number of imidazole rings is 1. The molecule has 0 saturated carbocycles. The number of amides is 1. The lowest BCUT2D eigenvalue weighted by molar-refractivity contribution is -0.123. The third-order valence-corrected chi connectivity index (χ3v) is 2.81. The van der Waals surface area contributed by atoms with Crippen LogP contribution in [0, 0.1) is 0 Å². The van der Waals surface area contributed by atoms with Crippen molar-refractivity contribution in [3.8, 4) is 5.75 Å². The summed E-state index contributed by atoms with van der Waals surface area (Å²) in [5.41, 5.74) is 0.817. The van der Waals surface area contributed by atoms with Crippen molar-refractivity contribution in [2.24, 2.45) is 0 Å². The molecule has 7 heteroatoms. The molecular formula is C12H11Cl2N3O2. The number of aromatic amines is 1. The van der Waals surface area contributed by atoms with Crippen molar-refractivity contribution in [2.45, 2.75) is 6.54 Å². The highest BCUT2D eigenvalue weighted by atomic mass is 35.5. The SMILES string of the molecule is O=C(COc1ccc(Cl)cc1Cl)NCc1cnc[nH]1. The number of carbonyl (C=O) groups is 1. The van der Waals surface area contributed by atoms with E-state index in [1.165, 1.54) is 0 Å². The molecule has 0 saturated heterocycles. The Hall–Kier alpha value is -1.72. The van der Waals surface area contributed by atoms with E-state index in [1.807, 2.05) is 0 Å². The lowest BCUT2D eigenvalue weighted by atomic mass is 10.3. The molecule has 5 nitrogen and oxygen atoms in total. The van der Waals surface area contributed by atoms with E-state index in [0.717, 1.165) is 5.69 Å².